The van der Waals surface area contributed by atoms with Gasteiger partial charge in [-0.3, -0.25) is 0 Å². The molecule has 0 aliphatic carbocycles. The summed E-state index contributed by atoms with van der Waals surface area (Å²) in [7, 11) is -1.67. The Hall–Kier alpha value is -1.62. The molecule has 0 fully saturated rings. The van der Waals surface area contributed by atoms with Gasteiger partial charge in [0.1, 0.15) is 13.8 Å². The molecule has 2 rings (SSSR count). The summed E-state index contributed by atoms with van der Waals surface area (Å²) in [4.78, 5) is 2.37. The number of hydrogen-bond acceptors (Lipinski definition) is 2. The molecule has 0 saturated heterocycles. The maximum absolute atomic E-state index is 12.3. The molecule has 0 atom stereocenters. The van der Waals surface area contributed by atoms with Crippen molar-refractivity contribution >= 4 is 13.4 Å². The van der Waals surface area contributed by atoms with E-state index >= 15 is 0 Å². The summed E-state index contributed by atoms with van der Waals surface area (Å²) in [6.07, 6.45) is 0. The van der Waals surface area contributed by atoms with Gasteiger partial charge in [0, 0.05) is 12.0 Å². The van der Waals surface area contributed by atoms with E-state index in [1.54, 1.807) is 0 Å². The Bertz CT molecular complexity index is 529. The smallest absolute Gasteiger partial charge is 0.214 e. The number of para-hydroxylation sites is 1. The van der Waals surface area contributed by atoms with Crippen molar-refractivity contribution in [3.63, 3.8) is 0 Å². The maximum Gasteiger partial charge on any atom is 0.214 e. The molecule has 2 aromatic rings. The van der Waals surface area contributed by atoms with Gasteiger partial charge in [-0.1, -0.05) is 37.8 Å². The van der Waals surface area contributed by atoms with Crippen LogP contribution in [0, 0.1) is 12.1 Å². The van der Waals surface area contributed by atoms with Gasteiger partial charge in [-0.25, -0.2) is 0 Å². The van der Waals surface area contributed by atoms with Gasteiger partial charge in [-0.15, -0.1) is 0 Å². The fourth-order valence-electron chi connectivity index (χ4n) is 2.02. The minimum atomic E-state index is -1.67. The molecule has 0 unspecified atom stereocenters. The van der Waals surface area contributed by atoms with Gasteiger partial charge in [-0.05, 0) is 16.9 Å². The number of nitrogens with zero attached hydrogens (tertiary/aromatic N) is 3. The zero-order chi connectivity index (χ0) is 12.6. The Balaban J connectivity index is 2.60. The van der Waals surface area contributed by atoms with Gasteiger partial charge in [0.15, 0.2) is 5.32 Å². The third-order valence-corrected chi connectivity index (χ3v) is 4.62. The highest BCUT2D eigenvalue weighted by molar-refractivity contribution is 6.87. The molecule has 4 nitrogen and oxygen atoms in total. The molecule has 90 valence electrons. The SMILES string of the molecule is Cc1nn(-c2ccccc2)[n+]([O-])c1[Si](C)(C)C. The van der Waals surface area contributed by atoms with Crippen LogP contribution in [0.25, 0.3) is 5.69 Å². The van der Waals surface area contributed by atoms with Crippen molar-refractivity contribution in [2.45, 2.75) is 26.6 Å². The van der Waals surface area contributed by atoms with Gasteiger partial charge in [0.05, 0.1) is 0 Å². The number of rotatable bonds is 2. The second-order valence-corrected chi connectivity index (χ2v) is 10.2. The summed E-state index contributed by atoms with van der Waals surface area (Å²) in [6.45, 7) is 8.36. The lowest BCUT2D eigenvalue weighted by molar-refractivity contribution is -0.672. The topological polar surface area (TPSA) is 44.8 Å². The van der Waals surface area contributed by atoms with E-state index in [1.807, 2.05) is 37.3 Å². The molecule has 1 heterocycles. The molecule has 0 N–H and O–H groups in total. The average Bonchev–Trinajstić information content (AvgIpc) is 2.54. The van der Waals surface area contributed by atoms with Gasteiger partial charge in [0.25, 0.3) is 0 Å². The zero-order valence-corrected chi connectivity index (χ0v) is 11.6. The molecule has 1 aromatic heterocycles. The van der Waals surface area contributed by atoms with E-state index < -0.39 is 8.07 Å². The van der Waals surface area contributed by atoms with Crippen molar-refractivity contribution in [2.75, 3.05) is 0 Å². The monoisotopic (exact) mass is 247 g/mol. The standard InChI is InChI=1S/C12H17N3OSi/c1-10-12(17(2,3)4)15(16)14(13-10)11-8-6-5-7-9-11/h5-9H,1-4H3. The van der Waals surface area contributed by atoms with Crippen molar-refractivity contribution in [3.05, 3.63) is 41.2 Å². The largest absolute Gasteiger partial charge is 0.693 e. The van der Waals surface area contributed by atoms with Crippen LogP contribution in [-0.4, -0.2) is 18.0 Å². The van der Waals surface area contributed by atoms with Crippen molar-refractivity contribution in [1.29, 1.82) is 0 Å². The fourth-order valence-corrected chi connectivity index (χ4v) is 3.82. The summed E-state index contributed by atoms with van der Waals surface area (Å²) in [5.74, 6) is 0. The van der Waals surface area contributed by atoms with E-state index in [1.165, 1.54) is 4.80 Å². The van der Waals surface area contributed by atoms with Crippen LogP contribution < -0.4 is 10.2 Å². The van der Waals surface area contributed by atoms with Crippen molar-refractivity contribution < 1.29 is 4.85 Å². The highest BCUT2D eigenvalue weighted by Gasteiger charge is 2.31. The number of benzene rings is 1. The summed E-state index contributed by atoms with van der Waals surface area (Å²) in [5, 5.41) is 17.5. The van der Waals surface area contributed by atoms with Crippen LogP contribution in [-0.2, 0) is 0 Å². The summed E-state index contributed by atoms with van der Waals surface area (Å²) < 4.78 is 0. The lowest BCUT2D eigenvalue weighted by Gasteiger charge is -2.15. The fraction of sp³-hybridized carbons (Fsp3) is 0.333. The van der Waals surface area contributed by atoms with Crippen LogP contribution >= 0.6 is 0 Å². The minimum absolute atomic E-state index is 0.801. The molecule has 0 saturated carbocycles. The van der Waals surface area contributed by atoms with Crippen LogP contribution in [0.4, 0.5) is 0 Å². The predicted molar refractivity (Wildman–Crippen MR) is 70.2 cm³/mol. The normalized spacial score (nSPS) is 11.8. The second-order valence-electron chi connectivity index (χ2n) is 5.18. The Morgan fingerprint density at radius 2 is 1.76 bits per heavy atom. The van der Waals surface area contributed by atoms with Gasteiger partial charge in [0.2, 0.25) is 5.69 Å². The van der Waals surface area contributed by atoms with E-state index in [4.69, 9.17) is 0 Å². The van der Waals surface area contributed by atoms with Gasteiger partial charge >= 0.3 is 0 Å². The minimum Gasteiger partial charge on any atom is -0.693 e. The molecule has 0 spiro atoms. The molecule has 0 bridgehead atoms. The quantitative estimate of drug-likeness (QED) is 0.457. The summed E-state index contributed by atoms with van der Waals surface area (Å²) >= 11 is 0. The zero-order valence-electron chi connectivity index (χ0n) is 10.6. The third-order valence-electron chi connectivity index (χ3n) is 2.65. The Morgan fingerprint density at radius 1 is 1.18 bits per heavy atom. The van der Waals surface area contributed by atoms with E-state index in [9.17, 15) is 5.21 Å². The molecule has 0 aliphatic heterocycles. The van der Waals surface area contributed by atoms with E-state index in [2.05, 4.69) is 24.7 Å². The molecule has 17 heavy (non-hydrogen) atoms. The maximum atomic E-state index is 12.3. The summed E-state index contributed by atoms with van der Waals surface area (Å²) in [5.41, 5.74) is 1.64. The van der Waals surface area contributed by atoms with Crippen LogP contribution in [0.15, 0.2) is 30.3 Å². The molecular weight excluding hydrogens is 230 g/mol. The molecule has 5 heteroatoms. The van der Waals surface area contributed by atoms with Gasteiger partial charge in [-0.2, -0.15) is 4.85 Å². The Morgan fingerprint density at radius 3 is 2.24 bits per heavy atom. The molecule has 0 radical (unpaired) electrons. The number of aryl methyl sites for hydroxylation is 1. The van der Waals surface area contributed by atoms with Crippen LogP contribution in [0.3, 0.4) is 0 Å². The van der Waals surface area contributed by atoms with Crippen molar-refractivity contribution in [1.82, 2.24) is 9.90 Å². The average molecular weight is 247 g/mol. The predicted octanol–water partition coefficient (Wildman–Crippen LogP) is 1.36. The molecule has 0 aliphatic rings. The first-order valence-electron chi connectivity index (χ1n) is 5.66. The lowest BCUT2D eigenvalue weighted by Crippen LogP contribution is -2.60. The number of aromatic nitrogens is 3. The Labute approximate surface area is 102 Å². The van der Waals surface area contributed by atoms with Crippen molar-refractivity contribution in [2.24, 2.45) is 0 Å². The first-order chi connectivity index (χ1) is 7.91. The first kappa shape index (κ1) is 11.9. The lowest BCUT2D eigenvalue weighted by atomic mass is 10.3. The first-order valence-corrected chi connectivity index (χ1v) is 9.16. The molecule has 0 amide bonds. The van der Waals surface area contributed by atoms with Gasteiger partial charge < -0.3 is 5.21 Å². The van der Waals surface area contributed by atoms with Crippen LogP contribution in [0.5, 0.6) is 0 Å². The highest BCUT2D eigenvalue weighted by atomic mass is 28.3. The van der Waals surface area contributed by atoms with E-state index in [0.29, 0.717) is 0 Å². The van der Waals surface area contributed by atoms with E-state index in [0.717, 1.165) is 21.5 Å². The van der Waals surface area contributed by atoms with Crippen LogP contribution in [0.2, 0.25) is 19.6 Å². The molecule has 1 aromatic carbocycles. The number of hydrogen-bond donors (Lipinski definition) is 0. The van der Waals surface area contributed by atoms with Crippen LogP contribution in [0.1, 0.15) is 5.69 Å². The Kier molecular flexibility index (Phi) is 2.78. The van der Waals surface area contributed by atoms with E-state index in [-0.39, 0.29) is 0 Å². The summed E-state index contributed by atoms with van der Waals surface area (Å²) in [6, 6.07) is 9.50. The highest BCUT2D eigenvalue weighted by Crippen LogP contribution is 2.06. The second kappa shape index (κ2) is 3.99. The van der Waals surface area contributed by atoms with Crippen molar-refractivity contribution in [3.8, 4) is 5.69 Å². The molecular formula is C12H17N3OSi. The third kappa shape index (κ3) is 2.10.